The smallest absolute Gasteiger partial charge is 0.276 e. The van der Waals surface area contributed by atoms with Gasteiger partial charge < -0.3 is 4.90 Å². The van der Waals surface area contributed by atoms with Crippen molar-refractivity contribution in [1.29, 1.82) is 0 Å². The zero-order chi connectivity index (χ0) is 21.3. The Labute approximate surface area is 183 Å². The van der Waals surface area contributed by atoms with Crippen molar-refractivity contribution in [2.45, 2.75) is 19.0 Å². The molecule has 0 fully saturated rings. The fraction of sp³-hybridized carbons (Fsp3) is 0.174. The van der Waals surface area contributed by atoms with Crippen LogP contribution in [0.2, 0.25) is 0 Å². The van der Waals surface area contributed by atoms with Crippen LogP contribution in [0.25, 0.3) is 15.9 Å². The van der Waals surface area contributed by atoms with Gasteiger partial charge >= 0.3 is 0 Å². The molecule has 0 spiro atoms. The Morgan fingerprint density at radius 3 is 2.70 bits per heavy atom. The van der Waals surface area contributed by atoms with E-state index < -0.39 is 0 Å². The molecule has 0 saturated carbocycles. The number of nitrogens with zero attached hydrogens (tertiary/aromatic N) is 3. The molecule has 2 aromatic heterocycles. The van der Waals surface area contributed by atoms with Crippen LogP contribution in [0.5, 0.6) is 0 Å². The number of carbonyl (C=O) groups is 1. The van der Waals surface area contributed by atoms with Gasteiger partial charge in [0.05, 0.1) is 17.0 Å². The molecule has 4 aromatic rings. The quantitative estimate of drug-likeness (QED) is 0.333. The summed E-state index contributed by atoms with van der Waals surface area (Å²) in [7, 11) is 1.77. The number of aromatic nitrogens is 2. The minimum atomic E-state index is -0.105. The SMILES string of the molecule is Cc1cccc(N(C)C(=O)CSc2nc3ccsc3c(=O)n2-c2ccccc2C)c1. The lowest BCUT2D eigenvalue weighted by Gasteiger charge is -2.18. The normalized spacial score (nSPS) is 11.0. The molecule has 0 radical (unpaired) electrons. The van der Waals surface area contributed by atoms with E-state index in [1.54, 1.807) is 16.5 Å². The Morgan fingerprint density at radius 2 is 1.93 bits per heavy atom. The zero-order valence-electron chi connectivity index (χ0n) is 17.0. The average Bonchev–Trinajstić information content (AvgIpc) is 3.21. The van der Waals surface area contributed by atoms with Crippen LogP contribution in [0, 0.1) is 13.8 Å². The number of hydrogen-bond donors (Lipinski definition) is 0. The Kier molecular flexibility index (Phi) is 5.74. The molecule has 0 aliphatic carbocycles. The maximum absolute atomic E-state index is 13.2. The third kappa shape index (κ3) is 3.91. The third-order valence-corrected chi connectivity index (χ3v) is 6.71. The number of fused-ring (bicyclic) bond motifs is 1. The monoisotopic (exact) mass is 435 g/mol. The number of amides is 1. The van der Waals surface area contributed by atoms with Gasteiger partial charge in [-0.3, -0.25) is 14.2 Å². The van der Waals surface area contributed by atoms with Gasteiger partial charge in [0.2, 0.25) is 5.91 Å². The number of thiophene rings is 1. The Bertz CT molecular complexity index is 1290. The van der Waals surface area contributed by atoms with Crippen molar-refractivity contribution in [3.8, 4) is 5.69 Å². The fourth-order valence-corrected chi connectivity index (χ4v) is 4.90. The number of anilines is 1. The van der Waals surface area contributed by atoms with E-state index in [1.165, 1.54) is 23.1 Å². The van der Waals surface area contributed by atoms with Crippen LogP contribution >= 0.6 is 23.1 Å². The number of rotatable bonds is 5. The van der Waals surface area contributed by atoms with Crippen molar-refractivity contribution in [2.75, 3.05) is 17.7 Å². The molecule has 0 bridgehead atoms. The van der Waals surface area contributed by atoms with Gasteiger partial charge in [0.15, 0.2) is 5.16 Å². The average molecular weight is 436 g/mol. The summed E-state index contributed by atoms with van der Waals surface area (Å²) in [6.45, 7) is 3.96. The highest BCUT2D eigenvalue weighted by molar-refractivity contribution is 7.99. The van der Waals surface area contributed by atoms with Gasteiger partial charge in [-0.15, -0.1) is 11.3 Å². The van der Waals surface area contributed by atoms with Gasteiger partial charge in [-0.2, -0.15) is 0 Å². The molecular weight excluding hydrogens is 414 g/mol. The maximum atomic E-state index is 13.2. The van der Waals surface area contributed by atoms with E-state index in [0.717, 1.165) is 22.5 Å². The molecule has 2 heterocycles. The number of thioether (sulfide) groups is 1. The molecular formula is C23H21N3O2S2. The van der Waals surface area contributed by atoms with Crippen molar-refractivity contribution in [3.05, 3.63) is 81.5 Å². The van der Waals surface area contributed by atoms with Crippen LogP contribution < -0.4 is 10.5 Å². The minimum Gasteiger partial charge on any atom is -0.315 e. The predicted molar refractivity (Wildman–Crippen MR) is 125 cm³/mol. The van der Waals surface area contributed by atoms with Crippen LogP contribution in [0.4, 0.5) is 5.69 Å². The Hall–Kier alpha value is -2.90. The Morgan fingerprint density at radius 1 is 1.13 bits per heavy atom. The molecule has 0 aliphatic heterocycles. The summed E-state index contributed by atoms with van der Waals surface area (Å²) in [5.41, 5.74) is 4.26. The highest BCUT2D eigenvalue weighted by Gasteiger charge is 2.18. The van der Waals surface area contributed by atoms with E-state index >= 15 is 0 Å². The molecule has 2 aromatic carbocycles. The molecule has 0 aliphatic rings. The molecule has 0 saturated heterocycles. The topological polar surface area (TPSA) is 55.2 Å². The van der Waals surface area contributed by atoms with Gasteiger partial charge in [-0.25, -0.2) is 4.98 Å². The summed E-state index contributed by atoms with van der Waals surface area (Å²) >= 11 is 2.67. The summed E-state index contributed by atoms with van der Waals surface area (Å²) in [6.07, 6.45) is 0. The van der Waals surface area contributed by atoms with Crippen molar-refractivity contribution in [3.63, 3.8) is 0 Å². The second kappa shape index (κ2) is 8.45. The van der Waals surface area contributed by atoms with Crippen molar-refractivity contribution >= 4 is 44.9 Å². The van der Waals surface area contributed by atoms with E-state index in [1.807, 2.05) is 73.8 Å². The molecule has 4 rings (SSSR count). The summed E-state index contributed by atoms with van der Waals surface area (Å²) in [5, 5.41) is 2.39. The fourth-order valence-electron chi connectivity index (χ4n) is 3.22. The first-order valence-electron chi connectivity index (χ1n) is 9.48. The van der Waals surface area contributed by atoms with Gasteiger partial charge in [-0.1, -0.05) is 42.1 Å². The molecule has 1 amide bonds. The molecule has 0 atom stereocenters. The van der Waals surface area contributed by atoms with E-state index in [4.69, 9.17) is 4.98 Å². The first-order chi connectivity index (χ1) is 14.5. The lowest BCUT2D eigenvalue weighted by Crippen LogP contribution is -2.28. The van der Waals surface area contributed by atoms with Crippen molar-refractivity contribution < 1.29 is 4.79 Å². The van der Waals surface area contributed by atoms with E-state index in [-0.39, 0.29) is 17.2 Å². The van der Waals surface area contributed by atoms with E-state index in [9.17, 15) is 9.59 Å². The van der Waals surface area contributed by atoms with Crippen LogP contribution in [0.1, 0.15) is 11.1 Å². The molecule has 5 nitrogen and oxygen atoms in total. The largest absolute Gasteiger partial charge is 0.315 e. The van der Waals surface area contributed by atoms with Gasteiger partial charge in [0.1, 0.15) is 4.70 Å². The van der Waals surface area contributed by atoms with Gasteiger partial charge in [0, 0.05) is 12.7 Å². The molecule has 0 N–H and O–H groups in total. The molecule has 30 heavy (non-hydrogen) atoms. The van der Waals surface area contributed by atoms with Gasteiger partial charge in [0.25, 0.3) is 5.56 Å². The van der Waals surface area contributed by atoms with Crippen LogP contribution in [-0.4, -0.2) is 28.3 Å². The second-order valence-corrected chi connectivity index (χ2v) is 8.90. The highest BCUT2D eigenvalue weighted by atomic mass is 32.2. The lowest BCUT2D eigenvalue weighted by molar-refractivity contribution is -0.115. The summed E-state index contributed by atoms with van der Waals surface area (Å²) in [6, 6.07) is 17.4. The van der Waals surface area contributed by atoms with Crippen molar-refractivity contribution in [1.82, 2.24) is 9.55 Å². The predicted octanol–water partition coefficient (Wildman–Crippen LogP) is 4.82. The number of para-hydroxylation sites is 1. The maximum Gasteiger partial charge on any atom is 0.276 e. The number of hydrogen-bond acceptors (Lipinski definition) is 5. The molecule has 0 unspecified atom stereocenters. The van der Waals surface area contributed by atoms with Crippen LogP contribution in [-0.2, 0) is 4.79 Å². The first-order valence-corrected chi connectivity index (χ1v) is 11.3. The first kappa shape index (κ1) is 20.4. The number of aryl methyl sites for hydroxylation is 2. The van der Waals surface area contributed by atoms with Crippen LogP contribution in [0.3, 0.4) is 0 Å². The van der Waals surface area contributed by atoms with Crippen LogP contribution in [0.15, 0.2) is 69.9 Å². The number of carbonyl (C=O) groups excluding carboxylic acids is 1. The second-order valence-electron chi connectivity index (χ2n) is 7.04. The van der Waals surface area contributed by atoms with E-state index in [2.05, 4.69) is 0 Å². The summed E-state index contributed by atoms with van der Waals surface area (Å²) in [5.74, 6) is 0.125. The highest BCUT2D eigenvalue weighted by Crippen LogP contribution is 2.25. The number of benzene rings is 2. The minimum absolute atomic E-state index is 0.0541. The molecule has 7 heteroatoms. The molecule has 152 valence electrons. The Balaban J connectivity index is 1.69. The zero-order valence-corrected chi connectivity index (χ0v) is 18.6. The summed E-state index contributed by atoms with van der Waals surface area (Å²) in [4.78, 5) is 32.4. The lowest BCUT2D eigenvalue weighted by atomic mass is 10.2. The van der Waals surface area contributed by atoms with Crippen molar-refractivity contribution in [2.24, 2.45) is 0 Å². The van der Waals surface area contributed by atoms with E-state index in [0.29, 0.717) is 15.4 Å². The summed E-state index contributed by atoms with van der Waals surface area (Å²) < 4.78 is 2.24. The van der Waals surface area contributed by atoms with Gasteiger partial charge in [-0.05, 0) is 54.6 Å². The third-order valence-electron chi connectivity index (χ3n) is 4.89. The standard InChI is InChI=1S/C23H21N3O2S2/c1-15-7-6-9-17(13-15)25(3)20(27)14-30-23-24-18-11-12-29-21(18)22(28)26(23)19-10-5-4-8-16(19)2/h4-13H,14H2,1-3H3.